The first kappa shape index (κ1) is 13.7. The molecule has 2 N–H and O–H groups in total. The van der Waals surface area contributed by atoms with Crippen LogP contribution in [0.3, 0.4) is 0 Å². The molecule has 0 saturated carbocycles. The second-order valence-electron chi connectivity index (χ2n) is 5.55. The van der Waals surface area contributed by atoms with Crippen molar-refractivity contribution in [3.8, 4) is 0 Å². The number of nitrogens with zero attached hydrogens (tertiary/aromatic N) is 3. The molecule has 0 spiro atoms. The molecule has 3 heterocycles. The van der Waals surface area contributed by atoms with Crippen molar-refractivity contribution in [2.45, 2.75) is 45.3 Å². The first-order valence-corrected chi connectivity index (χ1v) is 6.99. The van der Waals surface area contributed by atoms with Gasteiger partial charge < -0.3 is 15.1 Å². The van der Waals surface area contributed by atoms with E-state index in [0.717, 1.165) is 18.4 Å². The third-order valence-corrected chi connectivity index (χ3v) is 4.21. The van der Waals surface area contributed by atoms with Gasteiger partial charge in [-0.1, -0.05) is 0 Å². The molecule has 0 unspecified atom stereocenters. The number of aryl methyl sites for hydroxylation is 1. The summed E-state index contributed by atoms with van der Waals surface area (Å²) in [7, 11) is 0. The maximum atomic E-state index is 12.5. The number of carbonyl (C=O) groups excluding carboxylic acids is 1. The Kier molecular flexibility index (Phi) is 3.19. The van der Waals surface area contributed by atoms with Crippen LogP contribution >= 0.6 is 0 Å². The van der Waals surface area contributed by atoms with Gasteiger partial charge in [0.15, 0.2) is 0 Å². The lowest BCUT2D eigenvalue weighted by Crippen LogP contribution is -2.42. The number of amides is 1. The standard InChI is InChI=1S/C14H17N3O4/c1-8-5-11-10(6-16(8)14(20)21)12-13(19)9(7-18)3-2-4-17(12)15-11/h7-8,18H,2-6H2,1H3,(H,20,21)/t8-/m1/s1. The van der Waals surface area contributed by atoms with Crippen LogP contribution in [0.1, 0.15) is 41.5 Å². The number of aliphatic hydroxyl groups is 1. The quantitative estimate of drug-likeness (QED) is 0.560. The molecule has 0 radical (unpaired) electrons. The number of fused-ring (bicyclic) bond motifs is 3. The molecule has 0 aliphatic carbocycles. The maximum Gasteiger partial charge on any atom is 0.407 e. The lowest BCUT2D eigenvalue weighted by molar-refractivity contribution is 0.101. The zero-order valence-corrected chi connectivity index (χ0v) is 11.7. The number of ketones is 1. The number of aromatic nitrogens is 2. The molecule has 0 bridgehead atoms. The Balaban J connectivity index is 2.09. The third kappa shape index (κ3) is 2.09. The summed E-state index contributed by atoms with van der Waals surface area (Å²) in [6, 6.07) is -0.155. The molecule has 112 valence electrons. The number of rotatable bonds is 0. The van der Waals surface area contributed by atoms with Crippen LogP contribution in [0, 0.1) is 0 Å². The van der Waals surface area contributed by atoms with Crippen molar-refractivity contribution in [2.75, 3.05) is 0 Å². The van der Waals surface area contributed by atoms with Crippen LogP contribution in [-0.2, 0) is 19.5 Å². The molecule has 7 heteroatoms. The fourth-order valence-electron chi connectivity index (χ4n) is 3.08. The summed E-state index contributed by atoms with van der Waals surface area (Å²) in [5.74, 6) is -0.247. The second kappa shape index (κ2) is 4.91. The van der Waals surface area contributed by atoms with E-state index in [-0.39, 0.29) is 18.4 Å². The second-order valence-corrected chi connectivity index (χ2v) is 5.55. The fraction of sp³-hybridized carbons (Fsp3) is 0.500. The highest BCUT2D eigenvalue weighted by atomic mass is 16.4. The van der Waals surface area contributed by atoms with E-state index < -0.39 is 6.09 Å². The van der Waals surface area contributed by atoms with Crippen LogP contribution in [0.15, 0.2) is 11.8 Å². The fourth-order valence-corrected chi connectivity index (χ4v) is 3.08. The van der Waals surface area contributed by atoms with Crippen LogP contribution in [0.5, 0.6) is 0 Å². The minimum absolute atomic E-state index is 0.155. The lowest BCUT2D eigenvalue weighted by atomic mass is 9.96. The smallest absolute Gasteiger partial charge is 0.407 e. The summed E-state index contributed by atoms with van der Waals surface area (Å²) in [6.45, 7) is 2.61. The molecule has 3 rings (SSSR count). The Morgan fingerprint density at radius 3 is 2.90 bits per heavy atom. The number of allylic oxidation sites excluding steroid dienone is 1. The van der Waals surface area contributed by atoms with E-state index in [1.54, 1.807) is 4.68 Å². The highest BCUT2D eigenvalue weighted by Crippen LogP contribution is 2.30. The van der Waals surface area contributed by atoms with Gasteiger partial charge in [-0.15, -0.1) is 0 Å². The number of Topliss-reactive ketones (excluding diaryl/α,β-unsaturated/α-hetero) is 1. The van der Waals surface area contributed by atoms with Gasteiger partial charge in [0, 0.05) is 30.1 Å². The molecule has 0 saturated heterocycles. The monoisotopic (exact) mass is 291 g/mol. The highest BCUT2D eigenvalue weighted by molar-refractivity contribution is 6.08. The van der Waals surface area contributed by atoms with Crippen LogP contribution in [0.4, 0.5) is 4.79 Å². The largest absolute Gasteiger partial charge is 0.515 e. The van der Waals surface area contributed by atoms with Crippen molar-refractivity contribution < 1.29 is 19.8 Å². The molecule has 2 aliphatic heterocycles. The Labute approximate surface area is 121 Å². The minimum atomic E-state index is -0.993. The van der Waals surface area contributed by atoms with Crippen molar-refractivity contribution in [1.82, 2.24) is 14.7 Å². The molecule has 7 nitrogen and oxygen atoms in total. The van der Waals surface area contributed by atoms with E-state index in [1.807, 2.05) is 6.92 Å². The third-order valence-electron chi connectivity index (χ3n) is 4.21. The molecular weight excluding hydrogens is 274 g/mol. The van der Waals surface area contributed by atoms with E-state index in [4.69, 9.17) is 0 Å². The number of carboxylic acid groups (broad SMARTS) is 1. The Morgan fingerprint density at radius 2 is 2.24 bits per heavy atom. The molecule has 1 aromatic heterocycles. The van der Waals surface area contributed by atoms with Gasteiger partial charge in [0.2, 0.25) is 5.78 Å². The number of hydrogen-bond donors (Lipinski definition) is 2. The Hall–Kier alpha value is -2.31. The molecule has 2 aliphatic rings. The molecule has 1 atom stereocenters. The first-order chi connectivity index (χ1) is 10.0. The van der Waals surface area contributed by atoms with Gasteiger partial charge in [-0.25, -0.2) is 4.79 Å². The number of aliphatic hydroxyl groups excluding tert-OH is 1. The van der Waals surface area contributed by atoms with Gasteiger partial charge >= 0.3 is 6.09 Å². The van der Waals surface area contributed by atoms with Gasteiger partial charge in [0.25, 0.3) is 0 Å². The van der Waals surface area contributed by atoms with Gasteiger partial charge in [0.05, 0.1) is 18.5 Å². The molecular formula is C14H17N3O4. The predicted molar refractivity (Wildman–Crippen MR) is 73.2 cm³/mol. The Morgan fingerprint density at radius 1 is 1.48 bits per heavy atom. The van der Waals surface area contributed by atoms with E-state index in [1.165, 1.54) is 4.90 Å². The van der Waals surface area contributed by atoms with Crippen molar-refractivity contribution in [2.24, 2.45) is 0 Å². The average Bonchev–Trinajstić information content (AvgIpc) is 2.70. The van der Waals surface area contributed by atoms with E-state index in [2.05, 4.69) is 5.10 Å². The van der Waals surface area contributed by atoms with Crippen molar-refractivity contribution in [3.63, 3.8) is 0 Å². The van der Waals surface area contributed by atoms with E-state index >= 15 is 0 Å². The van der Waals surface area contributed by atoms with Gasteiger partial charge in [-0.2, -0.15) is 5.10 Å². The normalized spacial score (nSPS) is 23.7. The molecule has 0 fully saturated rings. The maximum absolute atomic E-state index is 12.5. The summed E-state index contributed by atoms with van der Waals surface area (Å²) in [5, 5.41) is 23.0. The van der Waals surface area contributed by atoms with Crippen molar-refractivity contribution in [1.29, 1.82) is 0 Å². The molecule has 1 aromatic rings. The topological polar surface area (TPSA) is 95.7 Å². The summed E-state index contributed by atoms with van der Waals surface area (Å²) in [4.78, 5) is 25.1. The molecule has 1 amide bonds. The number of hydrogen-bond acceptors (Lipinski definition) is 4. The zero-order chi connectivity index (χ0) is 15.1. The van der Waals surface area contributed by atoms with Gasteiger partial charge in [-0.3, -0.25) is 9.48 Å². The van der Waals surface area contributed by atoms with Crippen LogP contribution in [0.2, 0.25) is 0 Å². The van der Waals surface area contributed by atoms with Gasteiger partial charge in [-0.05, 0) is 19.8 Å². The minimum Gasteiger partial charge on any atom is -0.515 e. The summed E-state index contributed by atoms with van der Waals surface area (Å²) < 4.78 is 1.67. The van der Waals surface area contributed by atoms with Crippen LogP contribution in [-0.4, -0.2) is 42.8 Å². The van der Waals surface area contributed by atoms with E-state index in [0.29, 0.717) is 36.2 Å². The predicted octanol–water partition coefficient (Wildman–Crippen LogP) is 1.73. The first-order valence-electron chi connectivity index (χ1n) is 6.99. The molecule has 21 heavy (non-hydrogen) atoms. The summed E-state index contributed by atoms with van der Waals surface area (Å²) in [6.07, 6.45) is 1.61. The number of carbonyl (C=O) groups is 2. The SMILES string of the molecule is C[C@@H]1Cc2nn3c(c2CN1C(=O)O)C(=O)C(=CO)CCC3. The Bertz CT molecular complexity index is 647. The average molecular weight is 291 g/mol. The van der Waals surface area contributed by atoms with Crippen molar-refractivity contribution in [3.05, 3.63) is 28.8 Å². The summed E-state index contributed by atoms with van der Waals surface area (Å²) in [5.41, 5.74) is 2.27. The zero-order valence-electron chi connectivity index (χ0n) is 11.7. The van der Waals surface area contributed by atoms with E-state index in [9.17, 15) is 19.8 Å². The van der Waals surface area contributed by atoms with Crippen LogP contribution < -0.4 is 0 Å². The van der Waals surface area contributed by atoms with Crippen LogP contribution in [0.25, 0.3) is 0 Å². The lowest BCUT2D eigenvalue weighted by Gasteiger charge is -2.30. The van der Waals surface area contributed by atoms with Crippen molar-refractivity contribution >= 4 is 11.9 Å². The molecule has 0 aromatic carbocycles. The highest BCUT2D eigenvalue weighted by Gasteiger charge is 2.35. The van der Waals surface area contributed by atoms with Gasteiger partial charge in [0.1, 0.15) is 5.69 Å². The summed E-state index contributed by atoms with van der Waals surface area (Å²) >= 11 is 0.